The number of nitrogen functional groups attached to an aromatic ring is 1. The van der Waals surface area contributed by atoms with Crippen LogP contribution in [-0.2, 0) is 0 Å². The molecule has 0 fully saturated rings. The summed E-state index contributed by atoms with van der Waals surface area (Å²) >= 11 is 5.77. The van der Waals surface area contributed by atoms with Crippen LogP contribution < -0.4 is 5.73 Å². The van der Waals surface area contributed by atoms with Crippen molar-refractivity contribution in [1.29, 1.82) is 0 Å². The van der Waals surface area contributed by atoms with Gasteiger partial charge in [0.15, 0.2) is 0 Å². The number of nitrogens with two attached hydrogens (primary N) is 1. The first-order valence-electron chi connectivity index (χ1n) is 6.27. The number of nitrogens with zero attached hydrogens (tertiary/aromatic N) is 4. The van der Waals surface area contributed by atoms with Gasteiger partial charge in [-0.1, -0.05) is 11.6 Å². The monoisotopic (exact) mass is 293 g/mol. The van der Waals surface area contributed by atoms with Gasteiger partial charge >= 0.3 is 0 Å². The summed E-state index contributed by atoms with van der Waals surface area (Å²) in [6.45, 7) is 11.4. The summed E-state index contributed by atoms with van der Waals surface area (Å²) in [5.74, 6) is 2.05. The summed E-state index contributed by atoms with van der Waals surface area (Å²) in [6, 6.07) is 0. The van der Waals surface area contributed by atoms with Crippen LogP contribution in [0.25, 0.3) is 0 Å². The molecule has 0 spiro atoms. The zero-order valence-electron chi connectivity index (χ0n) is 12.7. The summed E-state index contributed by atoms with van der Waals surface area (Å²) in [6.07, 6.45) is 0. The van der Waals surface area contributed by atoms with Crippen LogP contribution >= 0.6 is 11.6 Å². The van der Waals surface area contributed by atoms with Crippen molar-refractivity contribution in [3.05, 3.63) is 39.3 Å². The van der Waals surface area contributed by atoms with Gasteiger partial charge in [-0.25, -0.2) is 19.9 Å². The van der Waals surface area contributed by atoms with E-state index in [1.165, 1.54) is 0 Å². The zero-order valence-corrected chi connectivity index (χ0v) is 13.5. The highest BCUT2D eigenvalue weighted by molar-refractivity contribution is 6.30. The van der Waals surface area contributed by atoms with Crippen LogP contribution in [0.1, 0.15) is 34.2 Å². The van der Waals surface area contributed by atoms with Crippen LogP contribution in [0.5, 0.6) is 0 Å². The minimum absolute atomic E-state index is 0.560. The van der Waals surface area contributed by atoms with Crippen molar-refractivity contribution in [1.82, 2.24) is 19.9 Å². The quantitative estimate of drug-likeness (QED) is 0.755. The summed E-state index contributed by atoms with van der Waals surface area (Å²) in [5.41, 5.74) is 9.43. The Morgan fingerprint density at radius 2 is 1.15 bits per heavy atom. The van der Waals surface area contributed by atoms with E-state index < -0.39 is 0 Å². The summed E-state index contributed by atoms with van der Waals surface area (Å²) in [5, 5.41) is 0.560. The molecule has 0 amide bonds. The molecular weight excluding hydrogens is 274 g/mol. The Morgan fingerprint density at radius 3 is 1.60 bits per heavy atom. The average Bonchev–Trinajstić information content (AvgIpc) is 2.33. The molecule has 0 saturated carbocycles. The minimum Gasteiger partial charge on any atom is -0.383 e. The maximum absolute atomic E-state index is 5.77. The lowest BCUT2D eigenvalue weighted by atomic mass is 10.2. The molecule has 0 saturated heterocycles. The maximum atomic E-state index is 5.77. The van der Waals surface area contributed by atoms with E-state index >= 15 is 0 Å². The van der Waals surface area contributed by atoms with Gasteiger partial charge < -0.3 is 5.73 Å². The highest BCUT2D eigenvalue weighted by atomic mass is 35.5. The Morgan fingerprint density at radius 1 is 0.700 bits per heavy atom. The molecule has 0 aromatic carbocycles. The second-order valence-corrected chi connectivity index (χ2v) is 5.00. The lowest BCUT2D eigenvalue weighted by Crippen LogP contribution is -2.01. The van der Waals surface area contributed by atoms with E-state index in [0.717, 1.165) is 34.2 Å². The molecule has 0 radical (unpaired) electrons. The highest BCUT2D eigenvalue weighted by Crippen LogP contribution is 2.13. The second kappa shape index (κ2) is 6.61. The molecule has 2 heterocycles. The van der Waals surface area contributed by atoms with Gasteiger partial charge in [0.05, 0.1) is 0 Å². The molecule has 2 aromatic rings. The van der Waals surface area contributed by atoms with Gasteiger partial charge in [0.1, 0.15) is 22.6 Å². The normalized spacial score (nSPS) is 9.95. The number of rotatable bonds is 0. The molecule has 6 heteroatoms. The smallest absolute Gasteiger partial charge is 0.135 e. The minimum atomic E-state index is 0.560. The van der Waals surface area contributed by atoms with E-state index in [2.05, 4.69) is 19.9 Å². The third-order valence-corrected chi connectivity index (χ3v) is 3.35. The number of halogens is 1. The largest absolute Gasteiger partial charge is 0.383 e. The predicted octanol–water partition coefficient (Wildman–Crippen LogP) is 3.04. The Kier molecular flexibility index (Phi) is 5.39. The van der Waals surface area contributed by atoms with Crippen LogP contribution in [0, 0.1) is 41.5 Å². The van der Waals surface area contributed by atoms with E-state index in [1.807, 2.05) is 41.5 Å². The van der Waals surface area contributed by atoms with Gasteiger partial charge in [-0.2, -0.15) is 0 Å². The number of hydrogen-bond donors (Lipinski definition) is 1. The second-order valence-electron chi connectivity index (χ2n) is 4.64. The van der Waals surface area contributed by atoms with Crippen molar-refractivity contribution < 1.29 is 0 Å². The van der Waals surface area contributed by atoms with Gasteiger partial charge in [-0.05, 0) is 41.5 Å². The molecule has 2 rings (SSSR count). The van der Waals surface area contributed by atoms with Gasteiger partial charge in [0, 0.05) is 22.5 Å². The van der Waals surface area contributed by atoms with E-state index in [9.17, 15) is 0 Å². The summed E-state index contributed by atoms with van der Waals surface area (Å²) in [4.78, 5) is 16.3. The number of hydrogen-bond acceptors (Lipinski definition) is 5. The molecule has 2 N–H and O–H groups in total. The van der Waals surface area contributed by atoms with E-state index in [1.54, 1.807) is 0 Å². The zero-order chi connectivity index (χ0) is 15.4. The Labute approximate surface area is 124 Å². The van der Waals surface area contributed by atoms with Crippen LogP contribution in [-0.4, -0.2) is 19.9 Å². The highest BCUT2D eigenvalue weighted by Gasteiger charge is 2.01. The van der Waals surface area contributed by atoms with Gasteiger partial charge in [0.2, 0.25) is 0 Å². The fourth-order valence-corrected chi connectivity index (χ4v) is 1.78. The van der Waals surface area contributed by atoms with Crippen molar-refractivity contribution in [2.24, 2.45) is 0 Å². The molecule has 0 atom stereocenters. The maximum Gasteiger partial charge on any atom is 0.135 e. The molecule has 20 heavy (non-hydrogen) atoms. The predicted molar refractivity (Wildman–Crippen MR) is 81.9 cm³/mol. The Hall–Kier alpha value is -1.75. The first-order chi connectivity index (χ1) is 9.22. The van der Waals surface area contributed by atoms with Crippen LogP contribution in [0.2, 0.25) is 5.15 Å². The Bertz CT molecular complexity index is 523. The molecule has 108 valence electrons. The SMILES string of the molecule is Cc1nc(C)c(C)c(Cl)n1.Cc1nc(C)c(C)c(N)n1. The third kappa shape index (κ3) is 4.13. The van der Waals surface area contributed by atoms with Crippen molar-refractivity contribution >= 4 is 17.4 Å². The molecular formula is C14H20ClN5. The average molecular weight is 294 g/mol. The molecule has 0 aliphatic heterocycles. The van der Waals surface area contributed by atoms with E-state index in [0.29, 0.717) is 11.0 Å². The molecule has 2 aromatic heterocycles. The molecule has 0 aliphatic rings. The molecule has 0 unspecified atom stereocenters. The molecule has 0 aliphatic carbocycles. The lowest BCUT2D eigenvalue weighted by Gasteiger charge is -2.02. The van der Waals surface area contributed by atoms with Gasteiger partial charge in [-0.3, -0.25) is 0 Å². The number of aromatic nitrogens is 4. The molecule has 5 nitrogen and oxygen atoms in total. The van der Waals surface area contributed by atoms with E-state index in [-0.39, 0.29) is 0 Å². The fraction of sp³-hybridized carbons (Fsp3) is 0.429. The van der Waals surface area contributed by atoms with Gasteiger partial charge in [0.25, 0.3) is 0 Å². The Balaban J connectivity index is 0.000000200. The van der Waals surface area contributed by atoms with Crippen LogP contribution in [0.4, 0.5) is 5.82 Å². The first kappa shape index (κ1) is 16.3. The number of anilines is 1. The van der Waals surface area contributed by atoms with Crippen molar-refractivity contribution in [2.45, 2.75) is 41.5 Å². The standard InChI is InChI=1S/C7H9ClN2.C7H11N3/c2*1-4-5(2)9-6(3)10-7(4)8/h1-3H3;1-3H3,(H2,8,9,10). The first-order valence-corrected chi connectivity index (χ1v) is 6.64. The fourth-order valence-electron chi connectivity index (χ4n) is 1.52. The third-order valence-electron chi connectivity index (χ3n) is 2.98. The topological polar surface area (TPSA) is 77.6 Å². The molecule has 0 bridgehead atoms. The summed E-state index contributed by atoms with van der Waals surface area (Å²) < 4.78 is 0. The van der Waals surface area contributed by atoms with Crippen molar-refractivity contribution in [3.8, 4) is 0 Å². The van der Waals surface area contributed by atoms with Crippen LogP contribution in [0.15, 0.2) is 0 Å². The van der Waals surface area contributed by atoms with Crippen LogP contribution in [0.3, 0.4) is 0 Å². The van der Waals surface area contributed by atoms with Crippen molar-refractivity contribution in [2.75, 3.05) is 5.73 Å². The van der Waals surface area contributed by atoms with E-state index in [4.69, 9.17) is 17.3 Å². The number of aryl methyl sites for hydroxylation is 4. The summed E-state index contributed by atoms with van der Waals surface area (Å²) in [7, 11) is 0. The lowest BCUT2D eigenvalue weighted by molar-refractivity contribution is 0.986. The van der Waals surface area contributed by atoms with Crippen molar-refractivity contribution in [3.63, 3.8) is 0 Å². The van der Waals surface area contributed by atoms with Gasteiger partial charge in [-0.15, -0.1) is 0 Å².